The molecule has 0 saturated carbocycles. The van der Waals surface area contributed by atoms with E-state index < -0.39 is 0 Å². The Morgan fingerprint density at radius 3 is 2.10 bits per heavy atom. The summed E-state index contributed by atoms with van der Waals surface area (Å²) in [6.07, 6.45) is 1.68. The summed E-state index contributed by atoms with van der Waals surface area (Å²) in [7, 11) is 0. The smallest absolute Gasteiger partial charge is 0.320 e. The highest BCUT2D eigenvalue weighted by atomic mass is 16.5. The van der Waals surface area contributed by atoms with Gasteiger partial charge in [-0.3, -0.25) is 14.5 Å². The van der Waals surface area contributed by atoms with Crippen molar-refractivity contribution in [2.24, 2.45) is 0 Å². The summed E-state index contributed by atoms with van der Waals surface area (Å²) in [4.78, 5) is 27.4. The lowest BCUT2D eigenvalue weighted by atomic mass is 10.2. The maximum atomic E-state index is 12.3. The Morgan fingerprint density at radius 1 is 1.15 bits per heavy atom. The van der Waals surface area contributed by atoms with Crippen LogP contribution < -0.4 is 0 Å². The summed E-state index contributed by atoms with van der Waals surface area (Å²) in [5.74, 6) is -0.302. The molecule has 0 rings (SSSR count). The molecule has 0 aromatic rings. The summed E-state index contributed by atoms with van der Waals surface area (Å²) in [5, 5.41) is 0. The van der Waals surface area contributed by atoms with Crippen molar-refractivity contribution in [2.45, 2.75) is 46.7 Å². The van der Waals surface area contributed by atoms with Crippen molar-refractivity contribution < 1.29 is 14.3 Å². The van der Waals surface area contributed by atoms with Crippen LogP contribution in [-0.4, -0.2) is 60.0 Å². The minimum Gasteiger partial charge on any atom is -0.465 e. The number of carbonyl (C=O) groups is 2. The van der Waals surface area contributed by atoms with Gasteiger partial charge in [-0.05, 0) is 34.6 Å². The van der Waals surface area contributed by atoms with Crippen LogP contribution in [0.5, 0.6) is 0 Å². The molecular weight excluding hydrogens is 256 g/mol. The monoisotopic (exact) mass is 284 g/mol. The maximum absolute atomic E-state index is 12.3. The van der Waals surface area contributed by atoms with Crippen LogP contribution in [0.25, 0.3) is 0 Å². The number of hydrogen-bond donors (Lipinski definition) is 0. The number of carbonyl (C=O) groups excluding carboxylic acids is 2. The minimum atomic E-state index is -0.317. The second-order valence-electron chi connectivity index (χ2n) is 5.25. The van der Waals surface area contributed by atoms with Gasteiger partial charge in [0, 0.05) is 18.6 Å². The third-order valence-electron chi connectivity index (χ3n) is 2.80. The summed E-state index contributed by atoms with van der Waals surface area (Å²) in [6.45, 7) is 14.5. The average molecular weight is 284 g/mol. The van der Waals surface area contributed by atoms with E-state index in [1.165, 1.54) is 0 Å². The summed E-state index contributed by atoms with van der Waals surface area (Å²) in [6, 6.07) is 0.270. The molecule has 0 N–H and O–H groups in total. The Hall–Kier alpha value is -1.36. The molecule has 0 aromatic carbocycles. The fraction of sp³-hybridized carbons (Fsp3) is 0.733. The number of ether oxygens (including phenoxy) is 1. The third kappa shape index (κ3) is 6.70. The number of rotatable bonds is 9. The molecule has 1 amide bonds. The number of nitrogens with zero attached hydrogens (tertiary/aromatic N) is 2. The minimum absolute atomic E-state index is 0.0150. The number of amides is 1. The normalized spacial score (nSPS) is 11.0. The van der Waals surface area contributed by atoms with E-state index in [-0.39, 0.29) is 37.0 Å². The van der Waals surface area contributed by atoms with Crippen LogP contribution in [0.1, 0.15) is 34.6 Å². The van der Waals surface area contributed by atoms with Crippen molar-refractivity contribution in [1.29, 1.82) is 0 Å². The molecule has 0 unspecified atom stereocenters. The van der Waals surface area contributed by atoms with E-state index in [1.54, 1.807) is 17.9 Å². The maximum Gasteiger partial charge on any atom is 0.320 e. The first-order chi connectivity index (χ1) is 9.33. The largest absolute Gasteiger partial charge is 0.465 e. The molecule has 0 spiro atoms. The predicted molar refractivity (Wildman–Crippen MR) is 80.4 cm³/mol. The Bertz CT molecular complexity index is 319. The van der Waals surface area contributed by atoms with E-state index in [4.69, 9.17) is 4.74 Å². The molecule has 116 valence electrons. The fourth-order valence-corrected chi connectivity index (χ4v) is 2.20. The van der Waals surface area contributed by atoms with Gasteiger partial charge in [0.25, 0.3) is 0 Å². The van der Waals surface area contributed by atoms with Gasteiger partial charge in [0.1, 0.15) is 0 Å². The first-order valence-corrected chi connectivity index (χ1v) is 7.13. The van der Waals surface area contributed by atoms with Gasteiger partial charge in [-0.25, -0.2) is 0 Å². The Balaban J connectivity index is 4.67. The summed E-state index contributed by atoms with van der Waals surface area (Å²) >= 11 is 0. The molecule has 0 radical (unpaired) electrons. The van der Waals surface area contributed by atoms with Crippen LogP contribution in [0.4, 0.5) is 0 Å². The molecule has 0 bridgehead atoms. The first kappa shape index (κ1) is 18.6. The Kier molecular flexibility index (Phi) is 8.88. The molecule has 0 atom stereocenters. The van der Waals surface area contributed by atoms with E-state index in [0.29, 0.717) is 13.2 Å². The molecule has 5 heteroatoms. The van der Waals surface area contributed by atoms with Gasteiger partial charge in [0.15, 0.2) is 0 Å². The lowest BCUT2D eigenvalue weighted by Crippen LogP contribution is -2.48. The van der Waals surface area contributed by atoms with E-state index in [9.17, 15) is 9.59 Å². The highest BCUT2D eigenvalue weighted by Gasteiger charge is 2.23. The van der Waals surface area contributed by atoms with E-state index in [2.05, 4.69) is 6.58 Å². The Morgan fingerprint density at radius 2 is 1.70 bits per heavy atom. The van der Waals surface area contributed by atoms with Crippen LogP contribution in [0.3, 0.4) is 0 Å². The van der Waals surface area contributed by atoms with Gasteiger partial charge in [-0.15, -0.1) is 6.58 Å². The van der Waals surface area contributed by atoms with Crippen LogP contribution >= 0.6 is 0 Å². The topological polar surface area (TPSA) is 49.9 Å². The van der Waals surface area contributed by atoms with Crippen LogP contribution in [-0.2, 0) is 14.3 Å². The molecule has 5 nitrogen and oxygen atoms in total. The highest BCUT2D eigenvalue weighted by Crippen LogP contribution is 2.07. The average Bonchev–Trinajstić information content (AvgIpc) is 2.27. The van der Waals surface area contributed by atoms with Gasteiger partial charge in [-0.1, -0.05) is 6.08 Å². The third-order valence-corrected chi connectivity index (χ3v) is 2.80. The van der Waals surface area contributed by atoms with Gasteiger partial charge < -0.3 is 9.64 Å². The number of hydrogen-bond acceptors (Lipinski definition) is 4. The molecule has 20 heavy (non-hydrogen) atoms. The zero-order valence-corrected chi connectivity index (χ0v) is 13.4. The molecular formula is C15H28N2O3. The molecule has 0 fully saturated rings. The standard InChI is InChI=1S/C15H28N2O3/c1-7-9-16(11-15(19)20-8-2)10-14(18)17(12(3)4)13(5)6/h7,12-13H,1,8-11H2,2-6H3. The Labute approximate surface area is 122 Å². The number of esters is 1. The molecule has 0 aromatic heterocycles. The molecule has 0 aliphatic heterocycles. The second kappa shape index (κ2) is 9.53. The van der Waals surface area contributed by atoms with E-state index in [0.717, 1.165) is 0 Å². The van der Waals surface area contributed by atoms with Crippen LogP contribution in [0, 0.1) is 0 Å². The molecule has 0 heterocycles. The van der Waals surface area contributed by atoms with Gasteiger partial charge in [0.05, 0.1) is 19.7 Å². The van der Waals surface area contributed by atoms with Crippen molar-refractivity contribution in [3.05, 3.63) is 12.7 Å². The van der Waals surface area contributed by atoms with Crippen molar-refractivity contribution in [1.82, 2.24) is 9.80 Å². The van der Waals surface area contributed by atoms with Gasteiger partial charge in [0.2, 0.25) is 5.91 Å². The van der Waals surface area contributed by atoms with Crippen molar-refractivity contribution in [2.75, 3.05) is 26.2 Å². The van der Waals surface area contributed by atoms with Crippen molar-refractivity contribution in [3.8, 4) is 0 Å². The van der Waals surface area contributed by atoms with Crippen molar-refractivity contribution >= 4 is 11.9 Å². The van der Waals surface area contributed by atoms with Crippen LogP contribution in [0.15, 0.2) is 12.7 Å². The molecule has 0 aliphatic carbocycles. The second-order valence-corrected chi connectivity index (χ2v) is 5.25. The summed E-state index contributed by atoms with van der Waals surface area (Å²) < 4.78 is 4.92. The van der Waals surface area contributed by atoms with E-state index in [1.807, 2.05) is 32.6 Å². The molecule has 0 saturated heterocycles. The predicted octanol–water partition coefficient (Wildman–Crippen LogP) is 1.68. The van der Waals surface area contributed by atoms with Crippen LogP contribution in [0.2, 0.25) is 0 Å². The fourth-order valence-electron chi connectivity index (χ4n) is 2.20. The highest BCUT2D eigenvalue weighted by molar-refractivity contribution is 5.80. The molecule has 0 aliphatic rings. The first-order valence-electron chi connectivity index (χ1n) is 7.13. The zero-order chi connectivity index (χ0) is 15.7. The van der Waals surface area contributed by atoms with Crippen molar-refractivity contribution in [3.63, 3.8) is 0 Å². The van der Waals surface area contributed by atoms with Gasteiger partial charge in [-0.2, -0.15) is 0 Å². The summed E-state index contributed by atoms with van der Waals surface area (Å²) in [5.41, 5.74) is 0. The van der Waals surface area contributed by atoms with Gasteiger partial charge >= 0.3 is 5.97 Å². The quantitative estimate of drug-likeness (QED) is 0.477. The SMILES string of the molecule is C=CCN(CC(=O)OCC)CC(=O)N(C(C)C)C(C)C. The lowest BCUT2D eigenvalue weighted by Gasteiger charge is -2.32. The zero-order valence-electron chi connectivity index (χ0n) is 13.4. The lowest BCUT2D eigenvalue weighted by molar-refractivity contribution is -0.145. The van der Waals surface area contributed by atoms with E-state index >= 15 is 0 Å².